The molecule has 5 atom stereocenters. The van der Waals surface area contributed by atoms with Crippen molar-refractivity contribution < 1.29 is 28.1 Å². The molecule has 2 aromatic rings. The quantitative estimate of drug-likeness (QED) is 0.470. The van der Waals surface area contributed by atoms with E-state index in [9.17, 15) is 14.6 Å². The van der Waals surface area contributed by atoms with Crippen LogP contribution in [0.4, 0.5) is 18.9 Å². The molecule has 202 valence electrons. The van der Waals surface area contributed by atoms with Gasteiger partial charge in [-0.1, -0.05) is 18.2 Å². The highest BCUT2D eigenvalue weighted by Crippen LogP contribution is 2.51. The van der Waals surface area contributed by atoms with E-state index in [1.54, 1.807) is 0 Å². The van der Waals surface area contributed by atoms with Gasteiger partial charge >= 0.3 is 0 Å². The third-order valence-electron chi connectivity index (χ3n) is 8.11. The van der Waals surface area contributed by atoms with Crippen molar-refractivity contribution in [1.29, 1.82) is 0 Å². The summed E-state index contributed by atoms with van der Waals surface area (Å²) in [4.78, 5) is 3.95. The van der Waals surface area contributed by atoms with Gasteiger partial charge in [-0.15, -0.1) is 0 Å². The van der Waals surface area contributed by atoms with Crippen LogP contribution in [0.15, 0.2) is 36.4 Å². The molecule has 9 heteroatoms. The molecule has 2 unspecified atom stereocenters. The van der Waals surface area contributed by atoms with Gasteiger partial charge in [0.05, 0.1) is 31.0 Å². The molecule has 0 radical (unpaired) electrons. The van der Waals surface area contributed by atoms with E-state index in [4.69, 9.17) is 4.74 Å². The number of nitrogens with one attached hydrogen (secondary N) is 1. The second-order valence-electron chi connectivity index (χ2n) is 11.1. The molecular weight excluding hydrogens is 483 g/mol. The summed E-state index contributed by atoms with van der Waals surface area (Å²) in [7, 11) is 0. The smallest absolute Gasteiger partial charge is 0.134 e. The third-order valence-corrected chi connectivity index (χ3v) is 8.11. The van der Waals surface area contributed by atoms with Crippen LogP contribution >= 0.6 is 0 Å². The second-order valence-corrected chi connectivity index (χ2v) is 11.1. The lowest BCUT2D eigenvalue weighted by atomic mass is 9.77. The number of anilines is 1. The van der Waals surface area contributed by atoms with Gasteiger partial charge in [0.15, 0.2) is 0 Å². The number of hydrogen-bond donors (Lipinski definition) is 3. The van der Waals surface area contributed by atoms with Crippen molar-refractivity contribution >= 4 is 5.69 Å². The van der Waals surface area contributed by atoms with Crippen molar-refractivity contribution in [2.24, 2.45) is 5.92 Å². The average Bonchev–Trinajstić information content (AvgIpc) is 3.20. The van der Waals surface area contributed by atoms with Crippen LogP contribution in [0.5, 0.6) is 5.75 Å². The Hall–Kier alpha value is -2.33. The van der Waals surface area contributed by atoms with Crippen molar-refractivity contribution in [3.8, 4) is 5.75 Å². The van der Waals surface area contributed by atoms with Gasteiger partial charge in [0.1, 0.15) is 24.0 Å². The van der Waals surface area contributed by atoms with Crippen LogP contribution in [0, 0.1) is 17.6 Å². The van der Waals surface area contributed by atoms with Crippen LogP contribution in [0.3, 0.4) is 0 Å². The summed E-state index contributed by atoms with van der Waals surface area (Å²) in [5.74, 6) is -1.19. The van der Waals surface area contributed by atoms with Crippen LogP contribution in [0.1, 0.15) is 43.4 Å². The first-order chi connectivity index (χ1) is 17.7. The average molecular weight is 520 g/mol. The highest BCUT2D eigenvalue weighted by molar-refractivity contribution is 5.61. The van der Waals surface area contributed by atoms with Gasteiger partial charge < -0.3 is 20.3 Å². The first kappa shape index (κ1) is 26.3. The number of aliphatic hydroxyl groups is 2. The SMILES string of the molecule is C[C@@H]1CC2c3ccccc3NC2[C@@H](c2c(F)cc(OCCN3CC(CF)C3)cc2F)N1C[C@@](C)(O)CO. The molecule has 3 heterocycles. The number of benzene rings is 2. The monoisotopic (exact) mass is 519 g/mol. The van der Waals surface area contributed by atoms with E-state index in [0.29, 0.717) is 19.6 Å². The fourth-order valence-corrected chi connectivity index (χ4v) is 6.20. The summed E-state index contributed by atoms with van der Waals surface area (Å²) in [5.41, 5.74) is 0.571. The summed E-state index contributed by atoms with van der Waals surface area (Å²) >= 11 is 0. The second kappa shape index (κ2) is 10.4. The maximum absolute atomic E-state index is 15.7. The molecule has 0 amide bonds. The van der Waals surface area contributed by atoms with E-state index in [1.165, 1.54) is 19.1 Å². The molecule has 2 saturated heterocycles. The Kier molecular flexibility index (Phi) is 7.42. The number of nitrogens with zero attached hydrogens (tertiary/aromatic N) is 2. The van der Waals surface area contributed by atoms with Gasteiger partial charge in [-0.3, -0.25) is 14.2 Å². The van der Waals surface area contributed by atoms with Crippen LogP contribution in [-0.4, -0.2) is 83.8 Å². The molecule has 3 aliphatic heterocycles. The maximum atomic E-state index is 15.7. The van der Waals surface area contributed by atoms with Crippen LogP contribution in [0.2, 0.25) is 0 Å². The minimum absolute atomic E-state index is 0.0472. The molecule has 3 N–H and O–H groups in total. The zero-order chi connectivity index (χ0) is 26.3. The van der Waals surface area contributed by atoms with Crippen molar-refractivity contribution in [1.82, 2.24) is 9.80 Å². The summed E-state index contributed by atoms with van der Waals surface area (Å²) in [6, 6.07) is 9.24. The van der Waals surface area contributed by atoms with Crippen LogP contribution < -0.4 is 10.1 Å². The topological polar surface area (TPSA) is 68.2 Å². The van der Waals surface area contributed by atoms with Crippen molar-refractivity contribution in [2.45, 2.75) is 49.9 Å². The number of piperidine rings is 1. The van der Waals surface area contributed by atoms with Gasteiger partial charge in [0.25, 0.3) is 0 Å². The summed E-state index contributed by atoms with van der Waals surface area (Å²) in [6.45, 7) is 4.95. The summed E-state index contributed by atoms with van der Waals surface area (Å²) in [5, 5.41) is 23.9. The molecule has 2 aromatic carbocycles. The van der Waals surface area contributed by atoms with Crippen molar-refractivity contribution in [2.75, 3.05) is 51.4 Å². The number of para-hydroxylation sites is 1. The fourth-order valence-electron chi connectivity index (χ4n) is 6.20. The zero-order valence-corrected chi connectivity index (χ0v) is 21.3. The molecule has 3 aliphatic rings. The van der Waals surface area contributed by atoms with Gasteiger partial charge in [-0.2, -0.15) is 0 Å². The number of alkyl halides is 1. The first-order valence-electron chi connectivity index (χ1n) is 13.0. The molecule has 0 bridgehead atoms. The molecule has 0 spiro atoms. The van der Waals surface area contributed by atoms with E-state index < -0.39 is 29.9 Å². The minimum Gasteiger partial charge on any atom is -0.492 e. The number of fused-ring (bicyclic) bond motifs is 3. The Bertz CT molecular complexity index is 1090. The number of hydrogen-bond acceptors (Lipinski definition) is 6. The normalized spacial score (nSPS) is 27.6. The van der Waals surface area contributed by atoms with Crippen molar-refractivity contribution in [3.05, 3.63) is 59.2 Å². The standard InChI is InChI=1S/C28H36F3N3O3/c1-17-9-21-20-5-3-4-6-24(20)32-26(21)27(34(17)15-28(2,36)16-35)25-22(30)10-19(11-23(25)31)37-8-7-33-13-18(12-29)14-33/h3-6,10-11,17-18,21,26-27,32,35-36H,7-9,12-16H2,1-2H3/t17-,21?,26?,27-,28-/m1/s1. The van der Waals surface area contributed by atoms with Gasteiger partial charge in [0.2, 0.25) is 0 Å². The lowest BCUT2D eigenvalue weighted by molar-refractivity contribution is -0.0584. The van der Waals surface area contributed by atoms with Crippen LogP contribution in [0.25, 0.3) is 0 Å². The number of rotatable bonds is 9. The number of aliphatic hydroxyl groups excluding tert-OH is 1. The first-order valence-corrected chi connectivity index (χ1v) is 13.0. The van der Waals surface area contributed by atoms with Gasteiger partial charge in [0, 0.05) is 67.4 Å². The lowest BCUT2D eigenvalue weighted by Crippen LogP contribution is -2.56. The Balaban J connectivity index is 1.42. The number of halogens is 3. The van der Waals surface area contributed by atoms with Crippen LogP contribution in [-0.2, 0) is 0 Å². The Morgan fingerprint density at radius 1 is 1.16 bits per heavy atom. The highest BCUT2D eigenvalue weighted by Gasteiger charge is 2.49. The summed E-state index contributed by atoms with van der Waals surface area (Å²) < 4.78 is 49.7. The third kappa shape index (κ3) is 5.19. The summed E-state index contributed by atoms with van der Waals surface area (Å²) in [6.07, 6.45) is 0.747. The predicted molar refractivity (Wildman–Crippen MR) is 136 cm³/mol. The molecule has 5 rings (SSSR count). The van der Waals surface area contributed by atoms with Gasteiger partial charge in [-0.25, -0.2) is 8.78 Å². The largest absolute Gasteiger partial charge is 0.492 e. The molecule has 0 aromatic heterocycles. The fraction of sp³-hybridized carbons (Fsp3) is 0.571. The molecular formula is C28H36F3N3O3. The van der Waals surface area contributed by atoms with E-state index in [0.717, 1.165) is 17.7 Å². The van der Waals surface area contributed by atoms with E-state index in [1.807, 2.05) is 41.0 Å². The van der Waals surface area contributed by atoms with E-state index in [-0.39, 0.29) is 55.1 Å². The predicted octanol–water partition coefficient (Wildman–Crippen LogP) is 3.70. The highest BCUT2D eigenvalue weighted by atomic mass is 19.1. The minimum atomic E-state index is -1.43. The number of likely N-dealkylation sites (tertiary alicyclic amines) is 2. The Morgan fingerprint density at radius 2 is 1.86 bits per heavy atom. The number of β-amino-alcohol motifs (C(OH)–C–C–N with tert-alkyl or cyclic N) is 1. The molecule has 6 nitrogen and oxygen atoms in total. The molecule has 2 fully saturated rings. The van der Waals surface area contributed by atoms with E-state index >= 15 is 8.78 Å². The Labute approximate surface area is 216 Å². The molecule has 37 heavy (non-hydrogen) atoms. The Morgan fingerprint density at radius 3 is 2.54 bits per heavy atom. The van der Waals surface area contributed by atoms with E-state index in [2.05, 4.69) is 5.32 Å². The van der Waals surface area contributed by atoms with Gasteiger partial charge in [-0.05, 0) is 31.9 Å². The number of ether oxygens (including phenoxy) is 1. The van der Waals surface area contributed by atoms with Crippen molar-refractivity contribution in [3.63, 3.8) is 0 Å². The molecule has 0 aliphatic carbocycles. The maximum Gasteiger partial charge on any atom is 0.134 e. The lowest BCUT2D eigenvalue weighted by Gasteiger charge is -2.49. The molecule has 0 saturated carbocycles. The zero-order valence-electron chi connectivity index (χ0n) is 21.3.